The highest BCUT2D eigenvalue weighted by atomic mass is 32.2. The standard InChI is InChI=1S/C17H14F3NO4S/c18-17(19,20)26(23,24)25-14-6-7-15-13(10-14)8-9-21(16(15)22)11-12-4-2-1-3-5-12/h1-7,10H,8-9,11H2. The first-order valence-corrected chi connectivity index (χ1v) is 9.05. The molecule has 0 aliphatic carbocycles. The summed E-state index contributed by atoms with van der Waals surface area (Å²) in [6.45, 7) is 0.788. The minimum Gasteiger partial charge on any atom is -0.376 e. The van der Waals surface area contributed by atoms with Gasteiger partial charge in [0.1, 0.15) is 5.75 Å². The van der Waals surface area contributed by atoms with Crippen LogP contribution in [0, 0.1) is 0 Å². The van der Waals surface area contributed by atoms with E-state index in [0.717, 1.165) is 17.7 Å². The Balaban J connectivity index is 1.79. The van der Waals surface area contributed by atoms with Crippen LogP contribution in [0.5, 0.6) is 5.75 Å². The maximum atomic E-state index is 12.6. The fourth-order valence-electron chi connectivity index (χ4n) is 2.69. The van der Waals surface area contributed by atoms with Crippen LogP contribution in [0.4, 0.5) is 13.2 Å². The lowest BCUT2D eigenvalue weighted by molar-refractivity contribution is -0.0500. The Labute approximate surface area is 148 Å². The zero-order valence-electron chi connectivity index (χ0n) is 13.4. The summed E-state index contributed by atoms with van der Waals surface area (Å²) in [4.78, 5) is 14.2. The molecular weight excluding hydrogens is 371 g/mol. The number of carbonyl (C=O) groups is 1. The normalized spacial score (nSPS) is 14.9. The zero-order chi connectivity index (χ0) is 18.9. The molecule has 1 amide bonds. The predicted octanol–water partition coefficient (Wildman–Crippen LogP) is 3.11. The van der Waals surface area contributed by atoms with Gasteiger partial charge in [0, 0.05) is 18.7 Å². The summed E-state index contributed by atoms with van der Waals surface area (Å²) in [5.41, 5.74) is -3.77. The average Bonchev–Trinajstić information content (AvgIpc) is 2.57. The molecule has 0 radical (unpaired) electrons. The van der Waals surface area contributed by atoms with Crippen molar-refractivity contribution in [2.45, 2.75) is 18.5 Å². The zero-order valence-corrected chi connectivity index (χ0v) is 14.2. The molecule has 1 aliphatic rings. The molecule has 0 fully saturated rings. The summed E-state index contributed by atoms with van der Waals surface area (Å²) in [6.07, 6.45) is 0.386. The lowest BCUT2D eigenvalue weighted by Gasteiger charge is -2.29. The van der Waals surface area contributed by atoms with Crippen molar-refractivity contribution in [3.05, 3.63) is 65.2 Å². The van der Waals surface area contributed by atoms with E-state index in [1.807, 2.05) is 30.3 Å². The van der Waals surface area contributed by atoms with Gasteiger partial charge < -0.3 is 9.08 Å². The molecule has 3 rings (SSSR count). The molecule has 0 saturated heterocycles. The van der Waals surface area contributed by atoms with Crippen LogP contribution in [0.25, 0.3) is 0 Å². The van der Waals surface area contributed by atoms with Crippen molar-refractivity contribution >= 4 is 16.0 Å². The molecule has 9 heteroatoms. The second kappa shape index (κ2) is 6.64. The first-order chi connectivity index (χ1) is 12.2. The van der Waals surface area contributed by atoms with Gasteiger partial charge in [-0.1, -0.05) is 30.3 Å². The summed E-state index contributed by atoms with van der Waals surface area (Å²) in [5, 5.41) is 0. The van der Waals surface area contributed by atoms with E-state index >= 15 is 0 Å². The van der Waals surface area contributed by atoms with Gasteiger partial charge in [-0.2, -0.15) is 21.6 Å². The third kappa shape index (κ3) is 3.67. The van der Waals surface area contributed by atoms with Crippen LogP contribution in [0.15, 0.2) is 48.5 Å². The van der Waals surface area contributed by atoms with Crippen LogP contribution in [-0.4, -0.2) is 31.3 Å². The highest BCUT2D eigenvalue weighted by Crippen LogP contribution is 2.30. The Morgan fingerprint density at radius 1 is 1.08 bits per heavy atom. The smallest absolute Gasteiger partial charge is 0.376 e. The van der Waals surface area contributed by atoms with E-state index in [2.05, 4.69) is 4.18 Å². The van der Waals surface area contributed by atoms with Crippen molar-refractivity contribution in [1.29, 1.82) is 0 Å². The molecule has 2 aromatic rings. The van der Waals surface area contributed by atoms with Crippen molar-refractivity contribution in [1.82, 2.24) is 4.90 Å². The van der Waals surface area contributed by atoms with E-state index in [-0.39, 0.29) is 5.91 Å². The molecule has 0 saturated carbocycles. The van der Waals surface area contributed by atoms with E-state index in [1.165, 1.54) is 6.07 Å². The third-order valence-corrected chi connectivity index (χ3v) is 4.93. The summed E-state index contributed by atoms with van der Waals surface area (Å²) in [6, 6.07) is 12.9. The van der Waals surface area contributed by atoms with Crippen molar-refractivity contribution < 1.29 is 30.6 Å². The molecule has 2 aromatic carbocycles. The van der Waals surface area contributed by atoms with E-state index in [4.69, 9.17) is 0 Å². The van der Waals surface area contributed by atoms with Crippen LogP contribution in [0.1, 0.15) is 21.5 Å². The molecule has 0 aromatic heterocycles. The van der Waals surface area contributed by atoms with Gasteiger partial charge in [0.2, 0.25) is 0 Å². The van der Waals surface area contributed by atoms with Gasteiger partial charge in [-0.15, -0.1) is 0 Å². The minimum absolute atomic E-state index is 0.264. The van der Waals surface area contributed by atoms with Gasteiger partial charge >= 0.3 is 15.6 Å². The molecule has 1 heterocycles. The molecule has 26 heavy (non-hydrogen) atoms. The summed E-state index contributed by atoms with van der Waals surface area (Å²) >= 11 is 0. The Hall–Kier alpha value is -2.55. The Bertz CT molecular complexity index is 927. The number of alkyl halides is 3. The summed E-state index contributed by atoms with van der Waals surface area (Å²) in [7, 11) is -5.74. The number of amides is 1. The molecular formula is C17H14F3NO4S. The molecule has 138 valence electrons. The number of fused-ring (bicyclic) bond motifs is 1. The van der Waals surface area contributed by atoms with Crippen LogP contribution < -0.4 is 4.18 Å². The quantitative estimate of drug-likeness (QED) is 0.599. The highest BCUT2D eigenvalue weighted by Gasteiger charge is 2.48. The SMILES string of the molecule is O=C1c2ccc(OS(=O)(=O)C(F)(F)F)cc2CCN1Cc1ccccc1. The topological polar surface area (TPSA) is 63.7 Å². The van der Waals surface area contributed by atoms with Crippen molar-refractivity contribution in [2.24, 2.45) is 0 Å². The number of hydrogen-bond donors (Lipinski definition) is 0. The molecule has 0 bridgehead atoms. The van der Waals surface area contributed by atoms with Crippen molar-refractivity contribution in [3.8, 4) is 5.75 Å². The Morgan fingerprint density at radius 2 is 1.77 bits per heavy atom. The average molecular weight is 385 g/mol. The number of benzene rings is 2. The Kier molecular flexibility index (Phi) is 4.66. The number of halogens is 3. The molecule has 0 N–H and O–H groups in total. The predicted molar refractivity (Wildman–Crippen MR) is 86.9 cm³/mol. The van der Waals surface area contributed by atoms with Crippen molar-refractivity contribution in [3.63, 3.8) is 0 Å². The first kappa shape index (κ1) is 18.2. The van der Waals surface area contributed by atoms with Gasteiger partial charge in [0.25, 0.3) is 5.91 Å². The number of hydrogen-bond acceptors (Lipinski definition) is 4. The van der Waals surface area contributed by atoms with Crippen LogP contribution in [0.3, 0.4) is 0 Å². The third-order valence-electron chi connectivity index (χ3n) is 3.95. The highest BCUT2D eigenvalue weighted by molar-refractivity contribution is 7.88. The molecule has 5 nitrogen and oxygen atoms in total. The first-order valence-electron chi connectivity index (χ1n) is 7.64. The van der Waals surface area contributed by atoms with Gasteiger partial charge in [-0.05, 0) is 35.7 Å². The molecule has 0 spiro atoms. The monoisotopic (exact) mass is 385 g/mol. The van der Waals surface area contributed by atoms with Gasteiger partial charge in [0.05, 0.1) is 0 Å². The summed E-state index contributed by atoms with van der Waals surface area (Å²) in [5.74, 6) is -0.731. The fourth-order valence-corrected chi connectivity index (χ4v) is 3.14. The van der Waals surface area contributed by atoms with Crippen LogP contribution in [-0.2, 0) is 23.1 Å². The lowest BCUT2D eigenvalue weighted by Crippen LogP contribution is -2.37. The van der Waals surface area contributed by atoms with Gasteiger partial charge in [-0.25, -0.2) is 0 Å². The Morgan fingerprint density at radius 3 is 2.42 bits per heavy atom. The number of carbonyl (C=O) groups excluding carboxylic acids is 1. The van der Waals surface area contributed by atoms with Crippen LogP contribution >= 0.6 is 0 Å². The molecule has 1 aliphatic heterocycles. The van der Waals surface area contributed by atoms with Gasteiger partial charge in [0.15, 0.2) is 0 Å². The van der Waals surface area contributed by atoms with Crippen molar-refractivity contribution in [2.75, 3.05) is 6.54 Å². The van der Waals surface area contributed by atoms with Gasteiger partial charge in [-0.3, -0.25) is 4.79 Å². The van der Waals surface area contributed by atoms with E-state index in [0.29, 0.717) is 30.6 Å². The van der Waals surface area contributed by atoms with Crippen LogP contribution in [0.2, 0.25) is 0 Å². The van der Waals surface area contributed by atoms with E-state index in [9.17, 15) is 26.4 Å². The molecule has 0 atom stereocenters. The second-order valence-electron chi connectivity index (χ2n) is 5.76. The molecule has 0 unspecified atom stereocenters. The second-order valence-corrected chi connectivity index (χ2v) is 7.30. The maximum Gasteiger partial charge on any atom is 0.534 e. The van der Waals surface area contributed by atoms with E-state index < -0.39 is 21.4 Å². The number of rotatable bonds is 4. The number of nitrogens with zero attached hydrogens (tertiary/aromatic N) is 1. The maximum absolute atomic E-state index is 12.6. The largest absolute Gasteiger partial charge is 0.534 e. The minimum atomic E-state index is -5.74. The fraction of sp³-hybridized carbons (Fsp3) is 0.235. The lowest BCUT2D eigenvalue weighted by atomic mass is 9.98. The van der Waals surface area contributed by atoms with E-state index in [1.54, 1.807) is 4.90 Å². The summed E-state index contributed by atoms with van der Waals surface area (Å²) < 4.78 is 63.5.